The highest BCUT2D eigenvalue weighted by Crippen LogP contribution is 2.44. The Bertz CT molecular complexity index is 4890. The fourth-order valence-corrected chi connectivity index (χ4v) is 15.7. The van der Waals surface area contributed by atoms with E-state index in [2.05, 4.69) is 77.5 Å². The molecule has 3 aromatic carbocycles. The van der Waals surface area contributed by atoms with Gasteiger partial charge in [0.05, 0.1) is 50.2 Å². The van der Waals surface area contributed by atoms with Gasteiger partial charge in [-0.1, -0.05) is 112 Å². The predicted octanol–water partition coefficient (Wildman–Crippen LogP) is 16.1. The topological polar surface area (TPSA) is 304 Å². The first-order valence-electron chi connectivity index (χ1n) is 40.5. The molecule has 0 saturated carbocycles. The number of carbonyl (C=O) groups is 5. The lowest BCUT2D eigenvalue weighted by atomic mass is 9.95. The maximum Gasteiger partial charge on any atom is 0.290 e. The summed E-state index contributed by atoms with van der Waals surface area (Å²) in [4.78, 5) is 71.4. The average Bonchev–Trinajstić information content (AvgIpc) is 1.61. The van der Waals surface area contributed by atoms with Crippen molar-refractivity contribution in [2.75, 3.05) is 53.5 Å². The lowest BCUT2D eigenvalue weighted by Crippen LogP contribution is -2.36. The summed E-state index contributed by atoms with van der Waals surface area (Å²) in [5.74, 6) is 4.84. The molecule has 600 valence electrons. The molecule has 0 bridgehead atoms. The highest BCUT2D eigenvalue weighted by molar-refractivity contribution is 6.31. The van der Waals surface area contributed by atoms with Gasteiger partial charge in [-0.05, 0) is 213 Å². The summed E-state index contributed by atoms with van der Waals surface area (Å²) < 4.78 is 43.1. The van der Waals surface area contributed by atoms with E-state index in [4.69, 9.17) is 47.7 Å². The van der Waals surface area contributed by atoms with Crippen molar-refractivity contribution in [3.63, 3.8) is 0 Å². The summed E-state index contributed by atoms with van der Waals surface area (Å²) in [6.45, 7) is 9.88. The second kappa shape index (κ2) is 40.2. The third kappa shape index (κ3) is 20.4. The van der Waals surface area contributed by atoms with Gasteiger partial charge in [-0.25, -0.2) is 0 Å². The third-order valence-corrected chi connectivity index (χ3v) is 21.9. The van der Waals surface area contributed by atoms with Crippen molar-refractivity contribution in [3.05, 3.63) is 252 Å². The van der Waals surface area contributed by atoms with Crippen LogP contribution >= 0.6 is 11.6 Å². The number of amides is 5. The van der Waals surface area contributed by atoms with Crippen LogP contribution in [0.15, 0.2) is 159 Å². The first-order valence-corrected chi connectivity index (χ1v) is 40.8. The number of unbranched alkanes of at least 4 members (excludes halogenated alkanes) is 1. The number of nitrogens with zero attached hydrogens (tertiary/aromatic N) is 9. The molecule has 26 heteroatoms. The van der Waals surface area contributed by atoms with Gasteiger partial charge < -0.3 is 66.3 Å². The molecule has 17 rings (SSSR count). The molecule has 11 aromatic rings. The Labute approximate surface area is 669 Å². The molecule has 3 N–H and O–H groups in total. The van der Waals surface area contributed by atoms with Crippen molar-refractivity contribution in [2.24, 2.45) is 0 Å². The number of hydrogen-bond donors (Lipinski definition) is 3. The van der Waals surface area contributed by atoms with Gasteiger partial charge in [0, 0.05) is 104 Å². The number of hydrogen-bond acceptors (Lipinski definition) is 19. The largest absolute Gasteiger partial charge is 0.467 e. The van der Waals surface area contributed by atoms with E-state index in [1.54, 1.807) is 28.6 Å². The molecule has 6 aliphatic rings. The SMILES string of the molecule is CCCCN(Cc1ccco1)C(=O)c1noc2c1CCCC2.CCOCCCN(Cc1ccco1)C(=O)c1noc2c1CCCC2.CN(C)CCN(Cc1ccco1)C(=O)c1noc2c1CCCC2.O=C(NC1c2ccccc2-c2ccccc21)c1onc2c1CCCC2.O=C(NCc1ccccc1Cl)c1n[nH]c2c1CCCC2. The van der Waals surface area contributed by atoms with Crippen molar-refractivity contribution in [3.8, 4) is 11.1 Å². The minimum atomic E-state index is -0.174. The van der Waals surface area contributed by atoms with E-state index in [0.717, 1.165) is 245 Å². The van der Waals surface area contributed by atoms with Gasteiger partial charge in [-0.3, -0.25) is 29.1 Å². The third-order valence-electron chi connectivity index (χ3n) is 21.6. The summed E-state index contributed by atoms with van der Waals surface area (Å²) in [5, 5.41) is 30.2. The Hall–Kier alpha value is -10.9. The number of aromatic nitrogens is 6. The van der Waals surface area contributed by atoms with Crippen molar-refractivity contribution in [1.29, 1.82) is 0 Å². The molecule has 114 heavy (non-hydrogen) atoms. The number of furan rings is 3. The van der Waals surface area contributed by atoms with Gasteiger partial charge in [0.1, 0.15) is 34.6 Å². The van der Waals surface area contributed by atoms with Crippen LogP contribution in [0.4, 0.5) is 0 Å². The molecule has 0 fully saturated rings. The van der Waals surface area contributed by atoms with Crippen LogP contribution in [0.25, 0.3) is 11.1 Å². The van der Waals surface area contributed by atoms with Gasteiger partial charge >= 0.3 is 0 Å². The van der Waals surface area contributed by atoms with Gasteiger partial charge in [0.25, 0.3) is 29.5 Å². The lowest BCUT2D eigenvalue weighted by molar-refractivity contribution is 0.0685. The maximum absolute atomic E-state index is 13.0. The van der Waals surface area contributed by atoms with Crippen LogP contribution in [-0.2, 0) is 95.1 Å². The Morgan fingerprint density at radius 2 is 0.947 bits per heavy atom. The molecule has 6 aliphatic carbocycles. The first kappa shape index (κ1) is 81.1. The molecule has 0 radical (unpaired) electrons. The Kier molecular flexibility index (Phi) is 28.6. The van der Waals surface area contributed by atoms with Gasteiger partial charge in [-0.15, -0.1) is 0 Å². The quantitative estimate of drug-likeness (QED) is 0.0448. The minimum Gasteiger partial charge on any atom is -0.467 e. The highest BCUT2D eigenvalue weighted by atomic mass is 35.5. The zero-order chi connectivity index (χ0) is 79.1. The molecule has 8 aromatic heterocycles. The molecule has 0 saturated heterocycles. The van der Waals surface area contributed by atoms with Crippen molar-refractivity contribution in [2.45, 2.75) is 194 Å². The number of likely N-dealkylation sites (N-methyl/N-ethyl adjacent to an activating group) is 1. The van der Waals surface area contributed by atoms with E-state index in [-0.39, 0.29) is 35.6 Å². The van der Waals surface area contributed by atoms with Gasteiger partial charge in [0.2, 0.25) is 5.76 Å². The average molecular weight is 1570 g/mol. The van der Waals surface area contributed by atoms with Crippen molar-refractivity contribution >= 4 is 41.1 Å². The monoisotopic (exact) mass is 1570 g/mol. The fourth-order valence-electron chi connectivity index (χ4n) is 15.5. The molecular formula is C88H103ClN12O13. The van der Waals surface area contributed by atoms with Crippen LogP contribution in [0.3, 0.4) is 0 Å². The van der Waals surface area contributed by atoms with E-state index in [0.29, 0.717) is 92.6 Å². The highest BCUT2D eigenvalue weighted by Gasteiger charge is 2.35. The van der Waals surface area contributed by atoms with E-state index in [9.17, 15) is 24.0 Å². The van der Waals surface area contributed by atoms with E-state index in [1.165, 1.54) is 11.1 Å². The number of fused-ring (bicyclic) bond motifs is 8. The number of halogens is 1. The zero-order valence-corrected chi connectivity index (χ0v) is 66.5. The Balaban J connectivity index is 0.000000125. The zero-order valence-electron chi connectivity index (χ0n) is 65.7. The summed E-state index contributed by atoms with van der Waals surface area (Å²) in [5.41, 5.74) is 14.6. The first-order chi connectivity index (χ1) is 55.8. The Morgan fingerprint density at radius 3 is 1.45 bits per heavy atom. The van der Waals surface area contributed by atoms with Gasteiger partial charge in [-0.2, -0.15) is 5.10 Å². The lowest BCUT2D eigenvalue weighted by Gasteiger charge is -2.23. The number of aryl methyl sites for hydroxylation is 5. The summed E-state index contributed by atoms with van der Waals surface area (Å²) in [6, 6.07) is 35.0. The molecule has 5 amide bonds. The molecule has 0 aliphatic heterocycles. The number of rotatable bonds is 25. The second-order valence-corrected chi connectivity index (χ2v) is 30.2. The Morgan fingerprint density at radius 1 is 0.482 bits per heavy atom. The van der Waals surface area contributed by atoms with Crippen LogP contribution in [0, 0.1) is 0 Å². The minimum absolute atomic E-state index is 0.0447. The standard InChI is InChI=1S/C21H18N2O2.C18H24N2O4.C17H23N3O3.C17H22N2O3.C15H16ClN3O/c24-21(20-17-11-5-6-12-18(17)23-25-20)22-19-15-9-3-1-7-13(15)14-8-2-4-10-16(14)19;1-2-22-11-6-10-20(13-14-7-5-12-23-14)18(21)17-15-8-3-4-9-16(15)24-19-17;1-19(2)9-10-20(12-13-6-5-11-22-13)17(21)16-14-7-3-4-8-15(14)23-18-16;1-2-3-10-19(12-13-7-6-11-21-13)17(20)16-14-8-4-5-9-15(14)22-18-16;16-12-7-3-1-5-10(12)9-17-15(20)14-11-6-2-4-8-13(11)18-19-14/h1-4,7-10,19H,5-6,11-12H2,(H,22,24);5,7,12H,2-4,6,8-11,13H2,1H3;5-6,11H,3-4,7-10,12H2,1-2H3;6-7,11H,2-5,8-10,12H2,1H3;1,3,5,7H,2,4,6,8-9H2,(H,17,20)(H,18,19). The number of benzene rings is 3. The fraction of sp³-hybridized carbons (Fsp3) is 0.432. The molecule has 0 atom stereocenters. The van der Waals surface area contributed by atoms with E-state index in [1.807, 2.05) is 111 Å². The summed E-state index contributed by atoms with van der Waals surface area (Å²) in [6.07, 6.45) is 27.7. The van der Waals surface area contributed by atoms with Crippen molar-refractivity contribution in [1.82, 2.24) is 61.1 Å². The maximum atomic E-state index is 13.0. The van der Waals surface area contributed by atoms with E-state index < -0.39 is 0 Å². The molecule has 0 spiro atoms. The van der Waals surface area contributed by atoms with Gasteiger partial charge in [0.15, 0.2) is 22.8 Å². The summed E-state index contributed by atoms with van der Waals surface area (Å²) >= 11 is 6.07. The second-order valence-electron chi connectivity index (χ2n) is 29.8. The molecule has 25 nitrogen and oxygen atoms in total. The number of H-pyrrole nitrogens is 1. The molecule has 0 unspecified atom stereocenters. The van der Waals surface area contributed by atoms with Crippen molar-refractivity contribution < 1.29 is 60.1 Å². The number of aromatic amines is 1. The molecule has 8 heterocycles. The van der Waals surface area contributed by atoms with E-state index >= 15 is 0 Å². The number of carbonyl (C=O) groups excluding carboxylic acids is 5. The van der Waals surface area contributed by atoms with Crippen LogP contribution in [0.1, 0.15) is 246 Å². The van der Waals surface area contributed by atoms with Crippen LogP contribution < -0.4 is 10.6 Å². The van der Waals surface area contributed by atoms with Crippen LogP contribution in [0.5, 0.6) is 0 Å². The number of nitrogens with one attached hydrogen (secondary N) is 3. The van der Waals surface area contributed by atoms with Crippen LogP contribution in [-0.4, -0.2) is 133 Å². The smallest absolute Gasteiger partial charge is 0.290 e. The number of ether oxygens (including phenoxy) is 1. The normalized spacial score (nSPS) is 14.2. The predicted molar refractivity (Wildman–Crippen MR) is 427 cm³/mol. The summed E-state index contributed by atoms with van der Waals surface area (Å²) in [7, 11) is 3.99. The van der Waals surface area contributed by atoms with Crippen LogP contribution in [0.2, 0.25) is 5.02 Å². The molecular weight excluding hydrogens is 1470 g/mol.